The molecule has 1 aromatic rings. The second kappa shape index (κ2) is 3.30. The van der Waals surface area contributed by atoms with Gasteiger partial charge in [0, 0.05) is 0 Å². The summed E-state index contributed by atoms with van der Waals surface area (Å²) >= 11 is 1.20. The van der Waals surface area contributed by atoms with Gasteiger partial charge in [-0.2, -0.15) is 0 Å². The average molecular weight is 170 g/mol. The maximum atomic E-state index is 10.8. The fourth-order valence-electron chi connectivity index (χ4n) is 0.691. The summed E-state index contributed by atoms with van der Waals surface area (Å²) in [5.41, 5.74) is 0. The Hall–Kier alpha value is -1.16. The summed E-state index contributed by atoms with van der Waals surface area (Å²) in [4.78, 5) is 21.3. The Morgan fingerprint density at radius 1 is 1.73 bits per heavy atom. The van der Waals surface area contributed by atoms with Crippen LogP contribution in [-0.2, 0) is 4.79 Å². The Morgan fingerprint density at radius 3 is 3.00 bits per heavy atom. The smallest absolute Gasteiger partial charge is 0.239 e. The highest BCUT2D eigenvalue weighted by molar-refractivity contribution is 7.13. The molecule has 0 N–H and O–H groups in total. The van der Waals surface area contributed by atoms with E-state index in [0.29, 0.717) is 10.6 Å². The van der Waals surface area contributed by atoms with Gasteiger partial charge in [-0.05, 0) is 11.4 Å². The zero-order valence-corrected chi connectivity index (χ0v) is 6.68. The minimum atomic E-state index is -0.531. The van der Waals surface area contributed by atoms with Gasteiger partial charge < -0.3 is 4.74 Å². The van der Waals surface area contributed by atoms with Gasteiger partial charge in [-0.1, -0.05) is 0 Å². The lowest BCUT2D eigenvalue weighted by Gasteiger charge is -1.95. The van der Waals surface area contributed by atoms with Crippen LogP contribution in [0.3, 0.4) is 0 Å². The summed E-state index contributed by atoms with van der Waals surface area (Å²) in [5, 5.41) is 1.70. The van der Waals surface area contributed by atoms with E-state index >= 15 is 0 Å². The molecule has 0 radical (unpaired) electrons. The standard InChI is InChI=1S/C7H6O3S/c1-10-6-2-3-11-7(6)5(9)4-8/h2-4H,1H3. The van der Waals surface area contributed by atoms with Gasteiger partial charge >= 0.3 is 0 Å². The number of Topliss-reactive ketones (excluding diaryl/α,β-unsaturated/α-hetero) is 1. The minimum absolute atomic E-state index is 0.286. The van der Waals surface area contributed by atoms with Crippen molar-refractivity contribution >= 4 is 23.4 Å². The van der Waals surface area contributed by atoms with E-state index < -0.39 is 5.78 Å². The number of ketones is 1. The summed E-state index contributed by atoms with van der Waals surface area (Å²) in [6.07, 6.45) is 0.286. The van der Waals surface area contributed by atoms with Crippen LogP contribution in [0.25, 0.3) is 0 Å². The Kier molecular flexibility index (Phi) is 2.38. The lowest BCUT2D eigenvalue weighted by atomic mass is 10.3. The molecule has 0 amide bonds. The molecule has 0 aromatic carbocycles. The van der Waals surface area contributed by atoms with Crippen LogP contribution in [-0.4, -0.2) is 19.2 Å². The fraction of sp³-hybridized carbons (Fsp3) is 0.143. The van der Waals surface area contributed by atoms with Crippen molar-refractivity contribution in [1.29, 1.82) is 0 Å². The van der Waals surface area contributed by atoms with Gasteiger partial charge in [0.15, 0.2) is 6.29 Å². The zero-order valence-electron chi connectivity index (χ0n) is 5.87. The topological polar surface area (TPSA) is 43.4 Å². The second-order valence-electron chi connectivity index (χ2n) is 1.80. The van der Waals surface area contributed by atoms with Crippen LogP contribution >= 0.6 is 11.3 Å². The highest BCUT2D eigenvalue weighted by atomic mass is 32.1. The van der Waals surface area contributed by atoms with E-state index in [1.54, 1.807) is 11.4 Å². The Morgan fingerprint density at radius 2 is 2.45 bits per heavy atom. The monoisotopic (exact) mass is 170 g/mol. The summed E-state index contributed by atoms with van der Waals surface area (Å²) in [6.45, 7) is 0. The zero-order chi connectivity index (χ0) is 8.27. The van der Waals surface area contributed by atoms with Gasteiger partial charge in [0.1, 0.15) is 10.6 Å². The number of hydrogen-bond donors (Lipinski definition) is 0. The van der Waals surface area contributed by atoms with Crippen molar-refractivity contribution in [2.45, 2.75) is 0 Å². The molecule has 0 saturated heterocycles. The molecule has 0 bridgehead atoms. The minimum Gasteiger partial charge on any atom is -0.495 e. The van der Waals surface area contributed by atoms with Crippen LogP contribution in [0.15, 0.2) is 11.4 Å². The van der Waals surface area contributed by atoms with E-state index in [-0.39, 0.29) is 6.29 Å². The van der Waals surface area contributed by atoms with Crippen LogP contribution in [0.4, 0.5) is 0 Å². The number of hydrogen-bond acceptors (Lipinski definition) is 4. The van der Waals surface area contributed by atoms with Crippen molar-refractivity contribution in [3.05, 3.63) is 16.3 Å². The summed E-state index contributed by atoms with van der Waals surface area (Å²) in [7, 11) is 1.46. The van der Waals surface area contributed by atoms with E-state index in [1.165, 1.54) is 18.4 Å². The molecule has 0 aliphatic heterocycles. The first-order chi connectivity index (χ1) is 5.29. The molecule has 0 fully saturated rings. The van der Waals surface area contributed by atoms with E-state index in [4.69, 9.17) is 4.74 Å². The number of rotatable bonds is 3. The average Bonchev–Trinajstić information content (AvgIpc) is 2.50. The molecular formula is C7H6O3S. The Balaban J connectivity index is 3.01. The molecule has 1 aromatic heterocycles. The van der Waals surface area contributed by atoms with Crippen molar-refractivity contribution in [2.75, 3.05) is 7.11 Å². The predicted octanol–water partition coefficient (Wildman–Crippen LogP) is 1.14. The lowest BCUT2D eigenvalue weighted by molar-refractivity contribution is -0.104. The quantitative estimate of drug-likeness (QED) is 0.388. The SMILES string of the molecule is COc1ccsc1C(=O)C=O. The molecule has 11 heavy (non-hydrogen) atoms. The van der Waals surface area contributed by atoms with Crippen molar-refractivity contribution in [3.63, 3.8) is 0 Å². The first-order valence-electron chi connectivity index (χ1n) is 2.90. The molecule has 4 heteroatoms. The molecule has 58 valence electrons. The molecular weight excluding hydrogens is 164 g/mol. The van der Waals surface area contributed by atoms with Gasteiger partial charge in [-0.15, -0.1) is 11.3 Å². The van der Waals surface area contributed by atoms with Crippen LogP contribution in [0.1, 0.15) is 9.67 Å². The number of carbonyl (C=O) groups excluding carboxylic acids is 2. The highest BCUT2D eigenvalue weighted by Gasteiger charge is 2.11. The number of aldehydes is 1. The van der Waals surface area contributed by atoms with E-state index in [0.717, 1.165) is 0 Å². The van der Waals surface area contributed by atoms with Crippen molar-refractivity contribution in [1.82, 2.24) is 0 Å². The molecule has 1 heterocycles. The normalized spacial score (nSPS) is 9.18. The maximum absolute atomic E-state index is 10.8. The van der Waals surface area contributed by atoms with Crippen molar-refractivity contribution < 1.29 is 14.3 Å². The molecule has 0 saturated carbocycles. The Labute approximate surface area is 67.6 Å². The molecule has 0 atom stereocenters. The van der Waals surface area contributed by atoms with Crippen molar-refractivity contribution in [3.8, 4) is 5.75 Å². The van der Waals surface area contributed by atoms with E-state index in [9.17, 15) is 9.59 Å². The van der Waals surface area contributed by atoms with Crippen LogP contribution < -0.4 is 4.74 Å². The second-order valence-corrected chi connectivity index (χ2v) is 2.72. The summed E-state index contributed by atoms with van der Waals surface area (Å²) < 4.78 is 4.84. The summed E-state index contributed by atoms with van der Waals surface area (Å²) in [5.74, 6) is -0.0658. The van der Waals surface area contributed by atoms with E-state index in [1.807, 2.05) is 0 Å². The molecule has 0 aliphatic rings. The number of methoxy groups -OCH3 is 1. The molecule has 1 rings (SSSR count). The van der Waals surface area contributed by atoms with Crippen LogP contribution in [0.5, 0.6) is 5.75 Å². The van der Waals surface area contributed by atoms with Gasteiger partial charge in [0.25, 0.3) is 0 Å². The van der Waals surface area contributed by atoms with Gasteiger partial charge in [-0.3, -0.25) is 9.59 Å². The fourth-order valence-corrected chi connectivity index (χ4v) is 1.45. The summed E-state index contributed by atoms with van der Waals surface area (Å²) in [6, 6.07) is 1.65. The molecule has 0 unspecified atom stereocenters. The van der Waals surface area contributed by atoms with Crippen LogP contribution in [0, 0.1) is 0 Å². The third-order valence-electron chi connectivity index (χ3n) is 1.18. The first kappa shape index (κ1) is 7.94. The van der Waals surface area contributed by atoms with Crippen molar-refractivity contribution in [2.24, 2.45) is 0 Å². The number of ether oxygens (including phenoxy) is 1. The third-order valence-corrected chi connectivity index (χ3v) is 2.09. The largest absolute Gasteiger partial charge is 0.495 e. The molecule has 0 spiro atoms. The Bertz CT molecular complexity index is 277. The number of carbonyl (C=O) groups is 2. The van der Waals surface area contributed by atoms with Gasteiger partial charge in [0.05, 0.1) is 7.11 Å². The lowest BCUT2D eigenvalue weighted by Crippen LogP contribution is -1.98. The third kappa shape index (κ3) is 1.46. The van der Waals surface area contributed by atoms with Gasteiger partial charge in [0.2, 0.25) is 5.78 Å². The van der Waals surface area contributed by atoms with E-state index in [2.05, 4.69) is 0 Å². The maximum Gasteiger partial charge on any atom is 0.239 e. The molecule has 3 nitrogen and oxygen atoms in total. The van der Waals surface area contributed by atoms with Crippen LogP contribution in [0.2, 0.25) is 0 Å². The first-order valence-corrected chi connectivity index (χ1v) is 3.78. The molecule has 0 aliphatic carbocycles. The van der Waals surface area contributed by atoms with Gasteiger partial charge in [-0.25, -0.2) is 0 Å². The highest BCUT2D eigenvalue weighted by Crippen LogP contribution is 2.23. The number of thiophene rings is 1. The predicted molar refractivity (Wildman–Crippen MR) is 41.3 cm³/mol.